The van der Waals surface area contributed by atoms with E-state index in [2.05, 4.69) is 45.6 Å². The molecule has 4 nitrogen and oxygen atoms in total. The second-order valence-electron chi connectivity index (χ2n) is 6.97. The summed E-state index contributed by atoms with van der Waals surface area (Å²) in [6, 6.07) is -0.718. The fraction of sp³-hybridized carbons (Fsp3) is 0.667. The van der Waals surface area contributed by atoms with Gasteiger partial charge in [0.2, 0.25) is 0 Å². The average Bonchev–Trinajstić information content (AvgIpc) is 2.42. The summed E-state index contributed by atoms with van der Waals surface area (Å²) < 4.78 is 0. The lowest BCUT2D eigenvalue weighted by Gasteiger charge is -2.38. The Labute approximate surface area is 145 Å². The summed E-state index contributed by atoms with van der Waals surface area (Å²) >= 11 is 4.13. The minimum atomic E-state index is -0.920. The minimum Gasteiger partial charge on any atom is -0.480 e. The van der Waals surface area contributed by atoms with Crippen LogP contribution in [-0.2, 0) is 9.59 Å². The Hall–Kier alpha value is -1.23. The van der Waals surface area contributed by atoms with Gasteiger partial charge in [0.1, 0.15) is 6.04 Å². The lowest BCUT2D eigenvalue weighted by molar-refractivity contribution is -0.141. The molecule has 0 fully saturated rings. The van der Waals surface area contributed by atoms with Crippen molar-refractivity contribution in [1.82, 2.24) is 4.90 Å². The number of carboxylic acids is 1. The van der Waals surface area contributed by atoms with E-state index >= 15 is 0 Å². The van der Waals surface area contributed by atoms with Crippen molar-refractivity contribution < 1.29 is 14.7 Å². The topological polar surface area (TPSA) is 57.6 Å². The molecule has 130 valence electrons. The van der Waals surface area contributed by atoms with Crippen LogP contribution in [0.1, 0.15) is 41.0 Å². The van der Waals surface area contributed by atoms with Gasteiger partial charge in [0.15, 0.2) is 5.78 Å². The number of aliphatic carboxylic acids is 1. The Morgan fingerprint density at radius 1 is 1.48 bits per heavy atom. The predicted octanol–water partition coefficient (Wildman–Crippen LogP) is 3.40. The smallest absolute Gasteiger partial charge is 0.327 e. The van der Waals surface area contributed by atoms with Crippen LogP contribution in [0.25, 0.3) is 0 Å². The molecule has 0 saturated carbocycles. The van der Waals surface area contributed by atoms with Crippen molar-refractivity contribution in [3.63, 3.8) is 0 Å². The number of ketones is 1. The quantitative estimate of drug-likeness (QED) is 0.424. The first-order valence-corrected chi connectivity index (χ1v) is 8.78. The Balaban J connectivity index is 3.05. The van der Waals surface area contributed by atoms with Gasteiger partial charge in [-0.15, -0.1) is 0 Å². The molecule has 0 aromatic rings. The van der Waals surface area contributed by atoms with Gasteiger partial charge in [0, 0.05) is 30.0 Å². The number of thiol groups is 1. The van der Waals surface area contributed by atoms with Crippen LogP contribution in [0.3, 0.4) is 0 Å². The van der Waals surface area contributed by atoms with E-state index in [0.29, 0.717) is 12.2 Å². The molecule has 3 unspecified atom stereocenters. The molecule has 0 saturated heterocycles. The first-order chi connectivity index (χ1) is 10.7. The van der Waals surface area contributed by atoms with Crippen LogP contribution in [0, 0.1) is 17.3 Å². The number of nitrogens with zero attached hydrogens (tertiary/aromatic N) is 1. The summed E-state index contributed by atoms with van der Waals surface area (Å²) in [5, 5.41) is 9.32. The summed E-state index contributed by atoms with van der Waals surface area (Å²) in [6.45, 7) is 10.5. The van der Waals surface area contributed by atoms with Crippen LogP contribution >= 0.6 is 12.6 Å². The summed E-state index contributed by atoms with van der Waals surface area (Å²) in [7, 11) is 0. The number of carbonyl (C=O) groups excluding carboxylic acids is 1. The van der Waals surface area contributed by atoms with E-state index in [1.165, 1.54) is 0 Å². The van der Waals surface area contributed by atoms with Crippen molar-refractivity contribution in [3.05, 3.63) is 23.9 Å². The summed E-state index contributed by atoms with van der Waals surface area (Å²) in [6.07, 6.45) is 6.74. The summed E-state index contributed by atoms with van der Waals surface area (Å²) in [4.78, 5) is 25.9. The standard InChI is InChI=1S/C18H29NO3S/c1-6-19(14(11-23)17(21)22)13(3)10-15(20)16-12(2)8-7-9-18(16,4)5/h7-8,10,12,14,16,23H,6,9,11H2,1-5H3,(H,21,22). The molecule has 5 heteroatoms. The molecule has 1 N–H and O–H groups in total. The van der Waals surface area contributed by atoms with Gasteiger partial charge in [-0.05, 0) is 31.6 Å². The molecular formula is C18H29NO3S. The van der Waals surface area contributed by atoms with Crippen LogP contribution in [0.5, 0.6) is 0 Å². The molecule has 1 rings (SSSR count). The SMILES string of the molecule is CCN(C(C)=CC(=O)C1C(C)C=CCC1(C)C)C(CS)C(=O)O. The largest absolute Gasteiger partial charge is 0.480 e. The van der Waals surface area contributed by atoms with E-state index < -0.39 is 12.0 Å². The fourth-order valence-electron chi connectivity index (χ4n) is 3.58. The van der Waals surface area contributed by atoms with E-state index in [1.54, 1.807) is 17.9 Å². The molecule has 0 aromatic heterocycles. The van der Waals surface area contributed by atoms with Gasteiger partial charge >= 0.3 is 5.97 Å². The lowest BCUT2D eigenvalue weighted by Crippen LogP contribution is -2.42. The highest BCUT2D eigenvalue weighted by atomic mass is 32.1. The minimum absolute atomic E-state index is 0.0751. The van der Waals surface area contributed by atoms with Gasteiger partial charge in [0.25, 0.3) is 0 Å². The molecule has 3 atom stereocenters. The van der Waals surface area contributed by atoms with Gasteiger partial charge in [0.05, 0.1) is 0 Å². The van der Waals surface area contributed by atoms with Crippen LogP contribution < -0.4 is 0 Å². The van der Waals surface area contributed by atoms with Crippen molar-refractivity contribution in [3.8, 4) is 0 Å². The predicted molar refractivity (Wildman–Crippen MR) is 96.6 cm³/mol. The Morgan fingerprint density at radius 2 is 2.09 bits per heavy atom. The Kier molecular flexibility index (Phi) is 6.93. The second kappa shape index (κ2) is 8.04. The van der Waals surface area contributed by atoms with Gasteiger partial charge in [-0.2, -0.15) is 12.6 Å². The van der Waals surface area contributed by atoms with E-state index in [9.17, 15) is 14.7 Å². The molecule has 23 heavy (non-hydrogen) atoms. The molecule has 0 amide bonds. The molecule has 0 radical (unpaired) electrons. The van der Waals surface area contributed by atoms with Crippen LogP contribution in [0.4, 0.5) is 0 Å². The second-order valence-corrected chi connectivity index (χ2v) is 7.33. The number of hydrogen-bond acceptors (Lipinski definition) is 4. The molecule has 1 aliphatic rings. The van der Waals surface area contributed by atoms with Crippen molar-refractivity contribution in [2.45, 2.75) is 47.1 Å². The van der Waals surface area contributed by atoms with E-state index in [0.717, 1.165) is 6.42 Å². The zero-order valence-electron chi connectivity index (χ0n) is 14.7. The number of carbonyl (C=O) groups is 2. The van der Waals surface area contributed by atoms with Crippen molar-refractivity contribution in [1.29, 1.82) is 0 Å². The Morgan fingerprint density at radius 3 is 2.52 bits per heavy atom. The van der Waals surface area contributed by atoms with E-state index in [-0.39, 0.29) is 28.8 Å². The third-order valence-electron chi connectivity index (χ3n) is 4.74. The maximum absolute atomic E-state index is 12.8. The Bertz CT molecular complexity index is 510. The van der Waals surface area contributed by atoms with Gasteiger partial charge < -0.3 is 10.0 Å². The molecule has 1 aliphatic carbocycles. The molecule has 0 bridgehead atoms. The highest BCUT2D eigenvalue weighted by Crippen LogP contribution is 2.41. The van der Waals surface area contributed by atoms with E-state index in [1.807, 2.05) is 6.92 Å². The highest BCUT2D eigenvalue weighted by Gasteiger charge is 2.38. The first-order valence-electron chi connectivity index (χ1n) is 8.14. The number of rotatable bonds is 7. The number of likely N-dealkylation sites (N-methyl/N-ethyl adjacent to an activating group) is 1. The maximum Gasteiger partial charge on any atom is 0.327 e. The molecule has 0 aromatic carbocycles. The third-order valence-corrected chi connectivity index (χ3v) is 5.08. The van der Waals surface area contributed by atoms with Gasteiger partial charge in [-0.1, -0.05) is 32.9 Å². The maximum atomic E-state index is 12.8. The van der Waals surface area contributed by atoms with Crippen molar-refractivity contribution in [2.75, 3.05) is 12.3 Å². The third kappa shape index (κ3) is 4.63. The zero-order valence-corrected chi connectivity index (χ0v) is 15.6. The van der Waals surface area contributed by atoms with Crippen LogP contribution in [0.2, 0.25) is 0 Å². The molecule has 0 spiro atoms. The van der Waals surface area contributed by atoms with E-state index in [4.69, 9.17) is 0 Å². The molecular weight excluding hydrogens is 310 g/mol. The molecule has 0 aliphatic heterocycles. The average molecular weight is 340 g/mol. The number of allylic oxidation sites excluding steroid dienone is 4. The summed E-state index contributed by atoms with van der Waals surface area (Å²) in [5.41, 5.74) is 0.603. The highest BCUT2D eigenvalue weighted by molar-refractivity contribution is 7.80. The van der Waals surface area contributed by atoms with Gasteiger partial charge in [-0.25, -0.2) is 4.79 Å². The number of carboxylic acid groups (broad SMARTS) is 1. The first kappa shape index (κ1) is 19.8. The fourth-order valence-corrected chi connectivity index (χ4v) is 3.94. The lowest BCUT2D eigenvalue weighted by atomic mass is 9.65. The van der Waals surface area contributed by atoms with Crippen molar-refractivity contribution >= 4 is 24.4 Å². The van der Waals surface area contributed by atoms with Crippen molar-refractivity contribution in [2.24, 2.45) is 17.3 Å². The zero-order chi connectivity index (χ0) is 17.8. The van der Waals surface area contributed by atoms with Gasteiger partial charge in [-0.3, -0.25) is 4.79 Å². The normalized spacial score (nSPS) is 25.0. The van der Waals surface area contributed by atoms with Crippen LogP contribution in [0.15, 0.2) is 23.9 Å². The monoisotopic (exact) mass is 339 g/mol. The number of hydrogen-bond donors (Lipinski definition) is 2. The summed E-state index contributed by atoms with van der Waals surface area (Å²) in [5.74, 6) is -0.537. The molecule has 0 heterocycles. The van der Waals surface area contributed by atoms with Crippen LogP contribution in [-0.4, -0.2) is 40.1 Å².